The molecule has 27 heavy (non-hydrogen) atoms. The summed E-state index contributed by atoms with van der Waals surface area (Å²) in [4.78, 5) is 23.8. The second kappa shape index (κ2) is 10.1. The van der Waals surface area contributed by atoms with Crippen LogP contribution in [0.4, 0.5) is 5.69 Å². The molecule has 2 aromatic carbocycles. The summed E-state index contributed by atoms with van der Waals surface area (Å²) in [6.07, 6.45) is 1.38. The summed E-state index contributed by atoms with van der Waals surface area (Å²) < 4.78 is 5.86. The van der Waals surface area contributed by atoms with E-state index in [0.717, 1.165) is 10.0 Å². The first kappa shape index (κ1) is 20.2. The van der Waals surface area contributed by atoms with Gasteiger partial charge in [0.15, 0.2) is 0 Å². The van der Waals surface area contributed by atoms with Crippen molar-refractivity contribution in [3.8, 4) is 6.07 Å². The number of hydrogen-bond donors (Lipinski definition) is 2. The van der Waals surface area contributed by atoms with Gasteiger partial charge in [-0.1, -0.05) is 28.1 Å². The van der Waals surface area contributed by atoms with Gasteiger partial charge >= 0.3 is 5.97 Å². The number of benzene rings is 2. The molecule has 2 aromatic rings. The van der Waals surface area contributed by atoms with E-state index in [1.54, 1.807) is 31.2 Å². The first-order valence-electron chi connectivity index (χ1n) is 8.20. The normalized spacial score (nSPS) is 10.6. The maximum absolute atomic E-state index is 12.2. The van der Waals surface area contributed by atoms with Gasteiger partial charge in [-0.2, -0.15) is 5.26 Å². The van der Waals surface area contributed by atoms with Crippen molar-refractivity contribution < 1.29 is 14.3 Å². The minimum absolute atomic E-state index is 0.0560. The van der Waals surface area contributed by atoms with Crippen molar-refractivity contribution in [2.45, 2.75) is 13.5 Å². The van der Waals surface area contributed by atoms with E-state index in [9.17, 15) is 14.9 Å². The van der Waals surface area contributed by atoms with Gasteiger partial charge in [0, 0.05) is 22.9 Å². The van der Waals surface area contributed by atoms with Crippen LogP contribution in [0.5, 0.6) is 0 Å². The predicted octanol–water partition coefficient (Wildman–Crippen LogP) is 3.76. The fourth-order valence-electron chi connectivity index (χ4n) is 2.17. The van der Waals surface area contributed by atoms with Gasteiger partial charge in [-0.25, -0.2) is 4.79 Å². The van der Waals surface area contributed by atoms with Crippen LogP contribution < -0.4 is 10.6 Å². The summed E-state index contributed by atoms with van der Waals surface area (Å²) >= 11 is 3.39. The fraction of sp³-hybridized carbons (Fsp3) is 0.150. The molecule has 0 atom stereocenters. The Bertz CT molecular complexity index is 886. The van der Waals surface area contributed by atoms with Crippen molar-refractivity contribution in [1.29, 1.82) is 5.26 Å². The van der Waals surface area contributed by atoms with Gasteiger partial charge in [-0.15, -0.1) is 0 Å². The Labute approximate surface area is 166 Å². The van der Waals surface area contributed by atoms with Crippen LogP contribution in [-0.2, 0) is 16.1 Å². The molecule has 1 amide bonds. The molecule has 0 fully saturated rings. The number of esters is 1. The minimum atomic E-state index is -0.539. The molecule has 0 saturated heterocycles. The second-order valence-corrected chi connectivity index (χ2v) is 6.35. The van der Waals surface area contributed by atoms with Crippen LogP contribution in [0.2, 0.25) is 0 Å². The molecule has 0 aliphatic heterocycles. The highest BCUT2D eigenvalue weighted by atomic mass is 79.9. The summed E-state index contributed by atoms with van der Waals surface area (Å²) in [6.45, 7) is 2.50. The number of carbonyl (C=O) groups is 2. The number of nitrogens with zero attached hydrogens (tertiary/aromatic N) is 1. The van der Waals surface area contributed by atoms with E-state index >= 15 is 0 Å². The van der Waals surface area contributed by atoms with Crippen LogP contribution in [0.15, 0.2) is 64.8 Å². The van der Waals surface area contributed by atoms with Crippen LogP contribution in [-0.4, -0.2) is 18.5 Å². The zero-order chi connectivity index (χ0) is 19.6. The topological polar surface area (TPSA) is 91.2 Å². The standard InChI is InChI=1S/C20H18BrN3O3/c1-2-27-20(26)15-6-8-18(9-7-15)24-19(25)16(11-22)13-23-12-14-4-3-5-17(21)10-14/h3-10,13,23H,2,12H2,1H3,(H,24,25)/b16-13-. The van der Waals surface area contributed by atoms with Gasteiger partial charge in [0.05, 0.1) is 12.2 Å². The molecule has 6 nitrogen and oxygen atoms in total. The Kier molecular flexibility index (Phi) is 7.59. The number of amides is 1. The molecule has 0 saturated carbocycles. The van der Waals surface area contributed by atoms with E-state index < -0.39 is 11.9 Å². The molecule has 0 bridgehead atoms. The number of rotatable bonds is 7. The molecule has 0 aromatic heterocycles. The van der Waals surface area contributed by atoms with Crippen LogP contribution in [0.25, 0.3) is 0 Å². The van der Waals surface area contributed by atoms with Gasteiger partial charge in [0.1, 0.15) is 11.6 Å². The Morgan fingerprint density at radius 3 is 2.59 bits per heavy atom. The molecular formula is C20H18BrN3O3. The summed E-state index contributed by atoms with van der Waals surface area (Å²) in [5, 5.41) is 14.8. The molecule has 0 aliphatic rings. The molecule has 0 aliphatic carbocycles. The maximum Gasteiger partial charge on any atom is 0.338 e. The number of halogens is 1. The van der Waals surface area contributed by atoms with Crippen LogP contribution in [0, 0.1) is 11.3 Å². The van der Waals surface area contributed by atoms with Crippen LogP contribution in [0.1, 0.15) is 22.8 Å². The Morgan fingerprint density at radius 2 is 1.96 bits per heavy atom. The summed E-state index contributed by atoms with van der Waals surface area (Å²) in [5.41, 5.74) is 1.81. The maximum atomic E-state index is 12.2. The average Bonchev–Trinajstić information content (AvgIpc) is 2.66. The highest BCUT2D eigenvalue weighted by molar-refractivity contribution is 9.10. The zero-order valence-corrected chi connectivity index (χ0v) is 16.2. The minimum Gasteiger partial charge on any atom is -0.462 e. The van der Waals surface area contributed by atoms with Crippen LogP contribution in [0.3, 0.4) is 0 Å². The van der Waals surface area contributed by atoms with E-state index in [2.05, 4.69) is 26.6 Å². The number of nitriles is 1. The van der Waals surface area contributed by atoms with Gasteiger partial charge in [0.2, 0.25) is 0 Å². The summed E-state index contributed by atoms with van der Waals surface area (Å²) in [7, 11) is 0. The quantitative estimate of drug-likeness (QED) is 0.398. The third kappa shape index (κ3) is 6.28. The summed E-state index contributed by atoms with van der Waals surface area (Å²) in [6, 6.07) is 15.8. The third-order valence-corrected chi connectivity index (χ3v) is 3.95. The number of ether oxygens (including phenoxy) is 1. The van der Waals surface area contributed by atoms with Gasteiger partial charge in [0.25, 0.3) is 5.91 Å². The summed E-state index contributed by atoms with van der Waals surface area (Å²) in [5.74, 6) is -0.965. The smallest absolute Gasteiger partial charge is 0.338 e. The molecule has 2 N–H and O–H groups in total. The highest BCUT2D eigenvalue weighted by Crippen LogP contribution is 2.13. The number of nitrogens with one attached hydrogen (secondary N) is 2. The average molecular weight is 428 g/mol. The second-order valence-electron chi connectivity index (χ2n) is 5.43. The van der Waals surface area contributed by atoms with Gasteiger partial charge < -0.3 is 15.4 Å². The van der Waals surface area contributed by atoms with Crippen molar-refractivity contribution in [3.05, 3.63) is 75.9 Å². The Balaban J connectivity index is 1.96. The van der Waals surface area contributed by atoms with E-state index in [1.807, 2.05) is 30.3 Å². The van der Waals surface area contributed by atoms with E-state index in [0.29, 0.717) is 24.4 Å². The highest BCUT2D eigenvalue weighted by Gasteiger charge is 2.10. The van der Waals surface area contributed by atoms with Gasteiger partial charge in [-0.3, -0.25) is 4.79 Å². The lowest BCUT2D eigenvalue weighted by Gasteiger charge is -2.07. The lowest BCUT2D eigenvalue weighted by molar-refractivity contribution is -0.112. The molecule has 138 valence electrons. The van der Waals surface area contributed by atoms with E-state index in [4.69, 9.17) is 4.74 Å². The number of anilines is 1. The molecule has 0 heterocycles. The molecule has 0 unspecified atom stereocenters. The van der Waals surface area contributed by atoms with Crippen molar-refractivity contribution in [1.82, 2.24) is 5.32 Å². The number of carbonyl (C=O) groups excluding carboxylic acids is 2. The number of hydrogen-bond acceptors (Lipinski definition) is 5. The first-order chi connectivity index (χ1) is 13.0. The molecule has 7 heteroatoms. The molecule has 0 spiro atoms. The third-order valence-electron chi connectivity index (χ3n) is 3.46. The molecule has 0 radical (unpaired) electrons. The fourth-order valence-corrected chi connectivity index (χ4v) is 2.62. The predicted molar refractivity (Wildman–Crippen MR) is 106 cm³/mol. The van der Waals surface area contributed by atoms with Crippen LogP contribution >= 0.6 is 15.9 Å². The lowest BCUT2D eigenvalue weighted by atomic mass is 10.2. The molecule has 2 rings (SSSR count). The Hall–Kier alpha value is -3.11. The van der Waals surface area contributed by atoms with Crippen molar-refractivity contribution in [2.24, 2.45) is 0 Å². The van der Waals surface area contributed by atoms with Crippen molar-refractivity contribution in [2.75, 3.05) is 11.9 Å². The van der Waals surface area contributed by atoms with Crippen molar-refractivity contribution >= 4 is 33.5 Å². The van der Waals surface area contributed by atoms with E-state index in [1.165, 1.54) is 6.20 Å². The monoisotopic (exact) mass is 427 g/mol. The van der Waals surface area contributed by atoms with E-state index in [-0.39, 0.29) is 5.57 Å². The SMILES string of the molecule is CCOC(=O)c1ccc(NC(=O)/C(C#N)=C\NCc2cccc(Br)c2)cc1. The lowest BCUT2D eigenvalue weighted by Crippen LogP contribution is -2.16. The zero-order valence-electron chi connectivity index (χ0n) is 14.7. The largest absolute Gasteiger partial charge is 0.462 e. The van der Waals surface area contributed by atoms with Crippen molar-refractivity contribution in [3.63, 3.8) is 0 Å². The Morgan fingerprint density at radius 1 is 1.22 bits per heavy atom. The first-order valence-corrected chi connectivity index (χ1v) is 8.99. The van der Waals surface area contributed by atoms with Gasteiger partial charge in [-0.05, 0) is 48.9 Å². The molecular weight excluding hydrogens is 410 g/mol.